The first-order valence-electron chi connectivity index (χ1n) is 12.0. The number of carbonyl (C=O) groups is 1. The van der Waals surface area contributed by atoms with E-state index < -0.39 is 11.3 Å². The third kappa shape index (κ3) is 4.57. The van der Waals surface area contributed by atoms with Gasteiger partial charge in [0.05, 0.1) is 0 Å². The van der Waals surface area contributed by atoms with E-state index in [9.17, 15) is 19.8 Å². The SMILES string of the molecule is CN1CCN(C(=O)C[C@@H](c2ccccc2)c2c(O)cc(O)c3c(=O)cc(-c4ccccc4)oc23)CC1. The number of benzene rings is 3. The van der Waals surface area contributed by atoms with E-state index in [2.05, 4.69) is 4.90 Å². The van der Waals surface area contributed by atoms with Crippen LogP contribution in [0.4, 0.5) is 0 Å². The fourth-order valence-electron chi connectivity index (χ4n) is 4.83. The van der Waals surface area contributed by atoms with Crippen LogP contribution in [0, 0.1) is 0 Å². The summed E-state index contributed by atoms with van der Waals surface area (Å²) in [5, 5.41) is 21.6. The number of piperazine rings is 1. The van der Waals surface area contributed by atoms with Crippen molar-refractivity contribution in [2.45, 2.75) is 12.3 Å². The predicted molar refractivity (Wildman–Crippen MR) is 138 cm³/mol. The van der Waals surface area contributed by atoms with E-state index in [0.29, 0.717) is 30.0 Å². The molecule has 0 spiro atoms. The summed E-state index contributed by atoms with van der Waals surface area (Å²) in [6, 6.07) is 21.1. The molecular formula is C29H28N2O5. The van der Waals surface area contributed by atoms with Gasteiger partial charge in [0.1, 0.15) is 28.2 Å². The average molecular weight is 485 g/mol. The van der Waals surface area contributed by atoms with Gasteiger partial charge in [-0.05, 0) is 12.6 Å². The predicted octanol–water partition coefficient (Wildman–Crippen LogP) is 4.17. The summed E-state index contributed by atoms with van der Waals surface area (Å²) in [7, 11) is 2.03. The summed E-state index contributed by atoms with van der Waals surface area (Å²) in [4.78, 5) is 30.6. The Morgan fingerprint density at radius 1 is 0.917 bits per heavy atom. The van der Waals surface area contributed by atoms with Crippen molar-refractivity contribution in [3.8, 4) is 22.8 Å². The summed E-state index contributed by atoms with van der Waals surface area (Å²) in [5.74, 6) is -0.906. The highest BCUT2D eigenvalue weighted by Crippen LogP contribution is 2.43. The molecule has 1 fully saturated rings. The second kappa shape index (κ2) is 9.87. The maximum Gasteiger partial charge on any atom is 0.223 e. The van der Waals surface area contributed by atoms with Crippen LogP contribution in [0.3, 0.4) is 0 Å². The molecule has 0 saturated carbocycles. The van der Waals surface area contributed by atoms with Gasteiger partial charge in [-0.15, -0.1) is 0 Å². The first-order chi connectivity index (χ1) is 17.4. The molecule has 1 saturated heterocycles. The lowest BCUT2D eigenvalue weighted by Gasteiger charge is -2.33. The molecule has 36 heavy (non-hydrogen) atoms. The van der Waals surface area contributed by atoms with E-state index in [1.807, 2.05) is 72.6 Å². The summed E-state index contributed by atoms with van der Waals surface area (Å²) >= 11 is 0. The van der Waals surface area contributed by atoms with Gasteiger partial charge in [-0.25, -0.2) is 0 Å². The Balaban J connectivity index is 1.68. The molecule has 1 atom stereocenters. The summed E-state index contributed by atoms with van der Waals surface area (Å²) in [5.41, 5.74) is 1.46. The second-order valence-corrected chi connectivity index (χ2v) is 9.23. The zero-order chi connectivity index (χ0) is 25.2. The molecule has 0 bridgehead atoms. The topological polar surface area (TPSA) is 94.2 Å². The molecule has 1 aliphatic heterocycles. The molecule has 7 nitrogen and oxygen atoms in total. The van der Waals surface area contributed by atoms with Gasteiger partial charge >= 0.3 is 0 Å². The van der Waals surface area contributed by atoms with Crippen LogP contribution in [-0.4, -0.2) is 59.1 Å². The number of likely N-dealkylation sites (N-methyl/N-ethyl adjacent to an activating group) is 1. The average Bonchev–Trinajstić information content (AvgIpc) is 2.89. The maximum absolute atomic E-state index is 13.4. The summed E-state index contributed by atoms with van der Waals surface area (Å²) in [6.07, 6.45) is 0.0838. The molecule has 4 aromatic rings. The lowest BCUT2D eigenvalue weighted by atomic mass is 9.86. The number of phenolic OH excluding ortho intramolecular Hbond substituents is 2. The van der Waals surface area contributed by atoms with Crippen molar-refractivity contribution >= 4 is 16.9 Å². The van der Waals surface area contributed by atoms with Crippen LogP contribution in [0.5, 0.6) is 11.5 Å². The Labute approximate surface area is 208 Å². The van der Waals surface area contributed by atoms with Crippen LogP contribution in [0.25, 0.3) is 22.3 Å². The van der Waals surface area contributed by atoms with E-state index in [1.165, 1.54) is 6.07 Å². The monoisotopic (exact) mass is 484 g/mol. The molecule has 0 radical (unpaired) electrons. The Hall–Kier alpha value is -4.10. The number of rotatable bonds is 5. The van der Waals surface area contributed by atoms with Crippen LogP contribution in [0.1, 0.15) is 23.5 Å². The van der Waals surface area contributed by atoms with Crippen molar-refractivity contribution in [1.29, 1.82) is 0 Å². The zero-order valence-electron chi connectivity index (χ0n) is 20.1. The zero-order valence-corrected chi connectivity index (χ0v) is 20.1. The summed E-state index contributed by atoms with van der Waals surface area (Å²) in [6.45, 7) is 2.85. The molecule has 2 N–H and O–H groups in total. The van der Waals surface area contributed by atoms with Gasteiger partial charge in [-0.2, -0.15) is 0 Å². The molecule has 1 aromatic heterocycles. The van der Waals surface area contributed by atoms with Crippen LogP contribution >= 0.6 is 0 Å². The van der Waals surface area contributed by atoms with Crippen molar-refractivity contribution < 1.29 is 19.4 Å². The standard InChI is InChI=1S/C29H28N2O5/c1-30-12-14-31(15-13-30)26(35)16-21(19-8-4-2-5-9-19)27-22(32)17-23(33)28-24(34)18-25(36-29(27)28)20-10-6-3-7-11-20/h2-11,17-18,21,32-33H,12-16H2,1H3/t21-/m0/s1. The molecular weight excluding hydrogens is 456 g/mol. The highest BCUT2D eigenvalue weighted by Gasteiger charge is 2.30. The first kappa shape index (κ1) is 23.6. The minimum absolute atomic E-state index is 0.0181. The number of phenols is 2. The van der Waals surface area contributed by atoms with E-state index >= 15 is 0 Å². The van der Waals surface area contributed by atoms with Gasteiger partial charge in [-0.1, -0.05) is 60.7 Å². The van der Waals surface area contributed by atoms with Gasteiger partial charge in [-0.3, -0.25) is 9.59 Å². The van der Waals surface area contributed by atoms with Crippen molar-refractivity contribution in [2.75, 3.05) is 33.2 Å². The maximum atomic E-state index is 13.4. The summed E-state index contributed by atoms with van der Waals surface area (Å²) < 4.78 is 6.21. The Kier molecular flexibility index (Phi) is 6.48. The van der Waals surface area contributed by atoms with E-state index in [1.54, 1.807) is 0 Å². The molecule has 0 unspecified atom stereocenters. The van der Waals surface area contributed by atoms with Gasteiger partial charge < -0.3 is 24.4 Å². The Morgan fingerprint density at radius 2 is 1.56 bits per heavy atom. The van der Waals surface area contributed by atoms with Gasteiger partial charge in [0, 0.05) is 61.8 Å². The fraction of sp³-hybridized carbons (Fsp3) is 0.241. The van der Waals surface area contributed by atoms with E-state index in [-0.39, 0.29) is 34.8 Å². The molecule has 0 aliphatic carbocycles. The third-order valence-electron chi connectivity index (χ3n) is 6.84. The number of fused-ring (bicyclic) bond motifs is 1. The highest BCUT2D eigenvalue weighted by molar-refractivity contribution is 5.91. The number of carbonyl (C=O) groups excluding carboxylic acids is 1. The van der Waals surface area contributed by atoms with Gasteiger partial charge in [0.25, 0.3) is 0 Å². The number of nitrogens with zero attached hydrogens (tertiary/aromatic N) is 2. The minimum Gasteiger partial charge on any atom is -0.507 e. The van der Waals surface area contributed by atoms with Crippen molar-refractivity contribution in [2.24, 2.45) is 0 Å². The van der Waals surface area contributed by atoms with E-state index in [4.69, 9.17) is 4.42 Å². The Bertz CT molecular complexity index is 1440. The normalized spacial score (nSPS) is 15.2. The van der Waals surface area contributed by atoms with E-state index in [0.717, 1.165) is 24.7 Å². The van der Waals surface area contributed by atoms with Gasteiger partial charge in [0.2, 0.25) is 5.91 Å². The molecule has 5 rings (SSSR count). The molecule has 184 valence electrons. The lowest BCUT2D eigenvalue weighted by Crippen LogP contribution is -2.47. The first-order valence-corrected chi connectivity index (χ1v) is 12.0. The van der Waals surface area contributed by atoms with Crippen LogP contribution in [-0.2, 0) is 4.79 Å². The number of aromatic hydroxyl groups is 2. The second-order valence-electron chi connectivity index (χ2n) is 9.23. The number of amides is 1. The molecule has 3 aromatic carbocycles. The minimum atomic E-state index is -0.587. The van der Waals surface area contributed by atoms with Crippen molar-refractivity contribution in [1.82, 2.24) is 9.80 Å². The highest BCUT2D eigenvalue weighted by atomic mass is 16.3. The third-order valence-corrected chi connectivity index (χ3v) is 6.84. The van der Waals surface area contributed by atoms with Crippen molar-refractivity contribution in [3.05, 3.63) is 94.1 Å². The molecule has 2 heterocycles. The quantitative estimate of drug-likeness (QED) is 0.442. The fourth-order valence-corrected chi connectivity index (χ4v) is 4.83. The number of hydrogen-bond acceptors (Lipinski definition) is 6. The number of hydrogen-bond donors (Lipinski definition) is 2. The van der Waals surface area contributed by atoms with Crippen molar-refractivity contribution in [3.63, 3.8) is 0 Å². The molecule has 7 heteroatoms. The van der Waals surface area contributed by atoms with Crippen LogP contribution in [0.15, 0.2) is 82.0 Å². The molecule has 1 aliphatic rings. The molecule has 1 amide bonds. The lowest BCUT2D eigenvalue weighted by molar-refractivity contribution is -0.133. The van der Waals surface area contributed by atoms with Gasteiger partial charge in [0.15, 0.2) is 5.43 Å². The Morgan fingerprint density at radius 3 is 2.22 bits per heavy atom. The smallest absolute Gasteiger partial charge is 0.223 e. The largest absolute Gasteiger partial charge is 0.507 e. The van der Waals surface area contributed by atoms with Crippen LogP contribution in [0.2, 0.25) is 0 Å². The van der Waals surface area contributed by atoms with Crippen LogP contribution < -0.4 is 5.43 Å².